The van der Waals surface area contributed by atoms with Gasteiger partial charge in [-0.25, -0.2) is 0 Å². The van der Waals surface area contributed by atoms with E-state index in [-0.39, 0.29) is 31.0 Å². The van der Waals surface area contributed by atoms with E-state index in [1.807, 2.05) is 6.92 Å². The van der Waals surface area contributed by atoms with E-state index in [1.54, 1.807) is 29.2 Å². The van der Waals surface area contributed by atoms with Gasteiger partial charge in [0.05, 0.1) is 6.61 Å². The lowest BCUT2D eigenvalue weighted by Gasteiger charge is -2.25. The van der Waals surface area contributed by atoms with Gasteiger partial charge in [0.2, 0.25) is 0 Å². The molecule has 1 heterocycles. The summed E-state index contributed by atoms with van der Waals surface area (Å²) in [6, 6.07) is 6.96. The SMILES string of the molecule is CCN(CCO)CC1CN(C(=O)c2cccc(Cl)c2)CC1CO. The highest BCUT2D eigenvalue weighted by atomic mass is 35.5. The number of hydrogen-bond donors (Lipinski definition) is 2. The molecule has 0 saturated carbocycles. The molecule has 1 aromatic rings. The van der Waals surface area contributed by atoms with Gasteiger partial charge >= 0.3 is 0 Å². The highest BCUT2D eigenvalue weighted by molar-refractivity contribution is 6.30. The van der Waals surface area contributed by atoms with Crippen molar-refractivity contribution in [3.63, 3.8) is 0 Å². The van der Waals surface area contributed by atoms with Gasteiger partial charge in [0.25, 0.3) is 5.91 Å². The largest absolute Gasteiger partial charge is 0.396 e. The predicted octanol–water partition coefficient (Wildman–Crippen LogP) is 1.33. The Morgan fingerprint density at radius 2 is 2.09 bits per heavy atom. The second-order valence-electron chi connectivity index (χ2n) is 6.04. The third-order valence-corrected chi connectivity index (χ3v) is 4.76. The standard InChI is InChI=1S/C17H25ClN2O3/c1-2-19(6-7-21)9-14-10-20(11-15(14)12-22)17(23)13-4-3-5-16(18)8-13/h3-5,8,14-15,21-22H,2,6-7,9-12H2,1H3. The van der Waals surface area contributed by atoms with E-state index >= 15 is 0 Å². The molecule has 2 N–H and O–H groups in total. The van der Waals surface area contributed by atoms with Crippen LogP contribution in [0.5, 0.6) is 0 Å². The first-order chi connectivity index (χ1) is 11.1. The first kappa shape index (κ1) is 18.2. The van der Waals surface area contributed by atoms with Crippen LogP contribution in [0.4, 0.5) is 0 Å². The number of carbonyl (C=O) groups excluding carboxylic acids is 1. The number of halogens is 1. The van der Waals surface area contributed by atoms with Gasteiger partial charge in [-0.2, -0.15) is 0 Å². The van der Waals surface area contributed by atoms with Crippen LogP contribution in [-0.4, -0.2) is 71.9 Å². The predicted molar refractivity (Wildman–Crippen MR) is 90.6 cm³/mol. The summed E-state index contributed by atoms with van der Waals surface area (Å²) in [5, 5.41) is 19.3. The van der Waals surface area contributed by atoms with Gasteiger partial charge < -0.3 is 20.0 Å². The van der Waals surface area contributed by atoms with Crippen LogP contribution in [0.2, 0.25) is 5.02 Å². The maximum absolute atomic E-state index is 12.6. The van der Waals surface area contributed by atoms with Crippen LogP contribution < -0.4 is 0 Å². The summed E-state index contributed by atoms with van der Waals surface area (Å²) in [4.78, 5) is 16.6. The Bertz CT molecular complexity index is 526. The normalized spacial score (nSPS) is 21.2. The molecule has 1 fully saturated rings. The van der Waals surface area contributed by atoms with Gasteiger partial charge in [0.1, 0.15) is 0 Å². The Hall–Kier alpha value is -1.14. The first-order valence-electron chi connectivity index (χ1n) is 8.08. The Labute approximate surface area is 142 Å². The minimum Gasteiger partial charge on any atom is -0.396 e. The lowest BCUT2D eigenvalue weighted by atomic mass is 9.96. The third-order valence-electron chi connectivity index (χ3n) is 4.53. The molecule has 1 aromatic carbocycles. The van der Waals surface area contributed by atoms with E-state index in [9.17, 15) is 9.90 Å². The summed E-state index contributed by atoms with van der Waals surface area (Å²) in [6.07, 6.45) is 0. The van der Waals surface area contributed by atoms with Crippen molar-refractivity contribution in [1.29, 1.82) is 0 Å². The van der Waals surface area contributed by atoms with Crippen molar-refractivity contribution >= 4 is 17.5 Å². The van der Waals surface area contributed by atoms with E-state index in [0.29, 0.717) is 30.2 Å². The van der Waals surface area contributed by atoms with Gasteiger partial charge in [-0.3, -0.25) is 4.79 Å². The second kappa shape index (κ2) is 8.64. The van der Waals surface area contributed by atoms with E-state index in [0.717, 1.165) is 13.1 Å². The molecule has 2 rings (SSSR count). The number of likely N-dealkylation sites (N-methyl/N-ethyl adjacent to an activating group) is 1. The lowest BCUT2D eigenvalue weighted by molar-refractivity contribution is 0.0778. The summed E-state index contributed by atoms with van der Waals surface area (Å²) in [5.41, 5.74) is 0.581. The minimum absolute atomic E-state index is 0.0429. The van der Waals surface area contributed by atoms with Gasteiger partial charge in [-0.1, -0.05) is 24.6 Å². The van der Waals surface area contributed by atoms with Gasteiger partial charge in [-0.15, -0.1) is 0 Å². The minimum atomic E-state index is -0.0429. The maximum Gasteiger partial charge on any atom is 0.253 e. The zero-order valence-corrected chi connectivity index (χ0v) is 14.2. The van der Waals surface area contributed by atoms with E-state index in [1.165, 1.54) is 0 Å². The van der Waals surface area contributed by atoms with Gasteiger partial charge in [0, 0.05) is 49.3 Å². The molecule has 0 aliphatic carbocycles. The molecule has 0 bridgehead atoms. The van der Waals surface area contributed by atoms with Crippen LogP contribution in [0.25, 0.3) is 0 Å². The fourth-order valence-electron chi connectivity index (χ4n) is 3.17. The van der Waals surface area contributed by atoms with Crippen LogP contribution in [0.3, 0.4) is 0 Å². The molecular formula is C17H25ClN2O3. The van der Waals surface area contributed by atoms with Crippen LogP contribution in [0.1, 0.15) is 17.3 Å². The molecule has 128 valence electrons. The molecule has 1 aliphatic rings. The third kappa shape index (κ3) is 4.67. The quantitative estimate of drug-likeness (QED) is 0.786. The monoisotopic (exact) mass is 340 g/mol. The van der Waals surface area contributed by atoms with E-state index in [4.69, 9.17) is 16.7 Å². The summed E-state index contributed by atoms with van der Waals surface area (Å²) >= 11 is 5.96. The van der Waals surface area contributed by atoms with Crippen LogP contribution in [0.15, 0.2) is 24.3 Å². The molecule has 2 atom stereocenters. The molecule has 1 aliphatic heterocycles. The molecule has 0 radical (unpaired) electrons. The number of aliphatic hydroxyl groups excluding tert-OH is 2. The molecule has 0 aromatic heterocycles. The van der Waals surface area contributed by atoms with E-state index < -0.39 is 0 Å². The number of aliphatic hydroxyl groups is 2. The molecule has 1 amide bonds. The van der Waals surface area contributed by atoms with Crippen molar-refractivity contribution in [2.75, 3.05) is 45.9 Å². The van der Waals surface area contributed by atoms with Crippen molar-refractivity contribution in [2.24, 2.45) is 11.8 Å². The van der Waals surface area contributed by atoms with Gasteiger partial charge in [-0.05, 0) is 30.7 Å². The zero-order valence-electron chi connectivity index (χ0n) is 13.5. The smallest absolute Gasteiger partial charge is 0.253 e. The van der Waals surface area contributed by atoms with Gasteiger partial charge in [0.15, 0.2) is 0 Å². The number of nitrogens with zero attached hydrogens (tertiary/aromatic N) is 2. The Morgan fingerprint density at radius 3 is 2.70 bits per heavy atom. The second-order valence-corrected chi connectivity index (χ2v) is 6.48. The van der Waals surface area contributed by atoms with Crippen molar-refractivity contribution in [3.05, 3.63) is 34.9 Å². The molecular weight excluding hydrogens is 316 g/mol. The highest BCUT2D eigenvalue weighted by Crippen LogP contribution is 2.26. The number of hydrogen-bond acceptors (Lipinski definition) is 4. The van der Waals surface area contributed by atoms with Crippen molar-refractivity contribution in [1.82, 2.24) is 9.80 Å². The molecule has 1 saturated heterocycles. The molecule has 23 heavy (non-hydrogen) atoms. The highest BCUT2D eigenvalue weighted by Gasteiger charge is 2.35. The molecule has 5 nitrogen and oxygen atoms in total. The fourth-order valence-corrected chi connectivity index (χ4v) is 3.36. The Morgan fingerprint density at radius 1 is 1.35 bits per heavy atom. The Kier molecular flexibility index (Phi) is 6.84. The Balaban J connectivity index is 2.04. The average Bonchev–Trinajstić information content (AvgIpc) is 2.96. The average molecular weight is 341 g/mol. The summed E-state index contributed by atoms with van der Waals surface area (Å²) in [6.45, 7) is 5.66. The molecule has 6 heteroatoms. The number of rotatable bonds is 7. The fraction of sp³-hybridized carbons (Fsp3) is 0.588. The number of benzene rings is 1. The number of carbonyl (C=O) groups is 1. The summed E-state index contributed by atoms with van der Waals surface area (Å²) < 4.78 is 0. The van der Waals surface area contributed by atoms with Crippen molar-refractivity contribution in [2.45, 2.75) is 6.92 Å². The van der Waals surface area contributed by atoms with Crippen molar-refractivity contribution in [3.8, 4) is 0 Å². The number of amides is 1. The molecule has 0 spiro atoms. The summed E-state index contributed by atoms with van der Waals surface area (Å²) in [7, 11) is 0. The molecule has 2 unspecified atom stereocenters. The van der Waals surface area contributed by atoms with Crippen molar-refractivity contribution < 1.29 is 15.0 Å². The lowest BCUT2D eigenvalue weighted by Crippen LogP contribution is -2.36. The maximum atomic E-state index is 12.6. The first-order valence-corrected chi connectivity index (χ1v) is 8.45. The zero-order chi connectivity index (χ0) is 16.8. The topological polar surface area (TPSA) is 64.0 Å². The van der Waals surface area contributed by atoms with Crippen LogP contribution in [-0.2, 0) is 0 Å². The number of likely N-dealkylation sites (tertiary alicyclic amines) is 1. The van der Waals surface area contributed by atoms with Crippen LogP contribution in [0, 0.1) is 11.8 Å². The van der Waals surface area contributed by atoms with E-state index in [2.05, 4.69) is 4.90 Å². The van der Waals surface area contributed by atoms with Crippen LogP contribution >= 0.6 is 11.6 Å². The summed E-state index contributed by atoms with van der Waals surface area (Å²) in [5.74, 6) is 0.249.